The summed E-state index contributed by atoms with van der Waals surface area (Å²) in [6, 6.07) is 12.9. The van der Waals surface area contributed by atoms with Crippen LogP contribution in [0, 0.1) is 17.3 Å². The average Bonchev–Trinajstić information content (AvgIpc) is 3.10. The number of esters is 3. The zero-order valence-corrected chi connectivity index (χ0v) is 31.9. The van der Waals surface area contributed by atoms with Gasteiger partial charge in [-0.2, -0.15) is 0 Å². The van der Waals surface area contributed by atoms with E-state index in [1.807, 2.05) is 19.9 Å². The van der Waals surface area contributed by atoms with E-state index >= 15 is 0 Å². The standard InChI is InChI=1S/C38H49Cl2N3O9/c1-22(2)17-30-36(47)50-28(23(3)34(52-32(45)20-41)33(40)25-11-8-7-9-12-25)13-10-14-31(44)43-27(19-24-15-16-29(49-6)26(39)18-24)35(46)42-21-38(4,5)37(48)51-30/h7-12,14-16,18,22-23,27-28,30,33-34H,13,17,19-21,41H2,1-6H3,(H,42,46)(H,43,44)/b14-10+/t23-,27+,28-,30-,33-,34+/m0/s1. The first kappa shape index (κ1) is 42.3. The summed E-state index contributed by atoms with van der Waals surface area (Å²) in [5, 5.41) is 4.93. The van der Waals surface area contributed by atoms with Crippen LogP contribution in [0.4, 0.5) is 0 Å². The number of nitrogens with two attached hydrogens (primary N) is 1. The van der Waals surface area contributed by atoms with Gasteiger partial charge < -0.3 is 35.3 Å². The smallest absolute Gasteiger partial charge is 0.347 e. The molecule has 0 saturated carbocycles. The highest BCUT2D eigenvalue weighted by Crippen LogP contribution is 2.35. The van der Waals surface area contributed by atoms with Crippen molar-refractivity contribution in [3.63, 3.8) is 0 Å². The van der Waals surface area contributed by atoms with Crippen molar-refractivity contribution in [3.05, 3.63) is 76.8 Å². The molecule has 2 amide bonds. The van der Waals surface area contributed by atoms with E-state index in [0.29, 0.717) is 21.9 Å². The Hall–Kier alpha value is -4.13. The van der Waals surface area contributed by atoms with Gasteiger partial charge in [-0.3, -0.25) is 19.2 Å². The van der Waals surface area contributed by atoms with Crippen molar-refractivity contribution < 1.29 is 42.9 Å². The van der Waals surface area contributed by atoms with Crippen LogP contribution in [0.2, 0.25) is 5.02 Å². The highest BCUT2D eigenvalue weighted by molar-refractivity contribution is 6.32. The maximum absolute atomic E-state index is 13.8. The maximum atomic E-state index is 13.8. The van der Waals surface area contributed by atoms with Gasteiger partial charge in [-0.15, -0.1) is 11.6 Å². The number of nitrogens with one attached hydrogen (secondary N) is 2. The zero-order chi connectivity index (χ0) is 38.6. The van der Waals surface area contributed by atoms with E-state index in [4.69, 9.17) is 47.9 Å². The van der Waals surface area contributed by atoms with Gasteiger partial charge in [0.1, 0.15) is 24.0 Å². The summed E-state index contributed by atoms with van der Waals surface area (Å²) in [5.41, 5.74) is 5.60. The number of ether oxygens (including phenoxy) is 4. The Balaban J connectivity index is 2.04. The number of methoxy groups -OCH3 is 1. The lowest BCUT2D eigenvalue weighted by Gasteiger charge is -2.34. The fourth-order valence-corrected chi connectivity index (χ4v) is 6.20. The summed E-state index contributed by atoms with van der Waals surface area (Å²) in [6.07, 6.45) is -0.455. The van der Waals surface area contributed by atoms with Gasteiger partial charge in [0.15, 0.2) is 6.10 Å². The molecule has 1 aliphatic rings. The number of carbonyl (C=O) groups is 5. The van der Waals surface area contributed by atoms with Crippen molar-refractivity contribution in [2.75, 3.05) is 20.2 Å². The summed E-state index contributed by atoms with van der Waals surface area (Å²) in [6.45, 7) is 8.00. The van der Waals surface area contributed by atoms with Crippen molar-refractivity contribution in [1.82, 2.24) is 10.6 Å². The Labute approximate surface area is 315 Å². The number of cyclic esters (lactones) is 2. The summed E-state index contributed by atoms with van der Waals surface area (Å²) in [4.78, 5) is 66.7. The first-order chi connectivity index (χ1) is 24.6. The minimum Gasteiger partial charge on any atom is -0.495 e. The number of halogens is 2. The minimum atomic E-state index is -1.30. The maximum Gasteiger partial charge on any atom is 0.347 e. The Bertz CT molecular complexity index is 1580. The van der Waals surface area contributed by atoms with Crippen LogP contribution >= 0.6 is 23.2 Å². The molecule has 0 unspecified atom stereocenters. The molecule has 2 aromatic carbocycles. The van der Waals surface area contributed by atoms with E-state index in [1.165, 1.54) is 19.3 Å². The van der Waals surface area contributed by atoms with Gasteiger partial charge in [-0.05, 0) is 55.5 Å². The molecular formula is C38H49Cl2N3O9. The van der Waals surface area contributed by atoms with Crippen LogP contribution in [0.3, 0.4) is 0 Å². The normalized spacial score (nSPS) is 22.5. The highest BCUT2D eigenvalue weighted by Gasteiger charge is 2.40. The summed E-state index contributed by atoms with van der Waals surface area (Å²) < 4.78 is 22.8. The highest BCUT2D eigenvalue weighted by atomic mass is 35.5. The molecule has 6 atom stereocenters. The van der Waals surface area contributed by atoms with E-state index in [-0.39, 0.29) is 31.7 Å². The minimum absolute atomic E-state index is 0.0335. The van der Waals surface area contributed by atoms with E-state index in [9.17, 15) is 24.0 Å². The topological polar surface area (TPSA) is 172 Å². The monoisotopic (exact) mass is 761 g/mol. The predicted molar refractivity (Wildman–Crippen MR) is 197 cm³/mol. The van der Waals surface area contributed by atoms with Crippen LogP contribution in [0.1, 0.15) is 64.0 Å². The molecule has 0 aliphatic carbocycles. The number of amides is 2. The molecule has 14 heteroatoms. The van der Waals surface area contributed by atoms with Crippen molar-refractivity contribution >= 4 is 52.9 Å². The predicted octanol–water partition coefficient (Wildman–Crippen LogP) is 4.83. The quantitative estimate of drug-likeness (QED) is 0.164. The molecule has 0 spiro atoms. The van der Waals surface area contributed by atoms with Gasteiger partial charge >= 0.3 is 17.9 Å². The SMILES string of the molecule is COc1ccc(C[C@H]2NC(=O)/C=C/C[C@@H]([C@H](C)[C@@H](OC(=O)CN)[C@@H](Cl)c3ccccc3)OC(=O)[C@H](CC(C)C)OC(=O)C(C)(C)CNC2=O)cc1Cl. The largest absolute Gasteiger partial charge is 0.495 e. The number of carbonyl (C=O) groups excluding carboxylic acids is 5. The third-order valence-electron chi connectivity index (χ3n) is 8.59. The van der Waals surface area contributed by atoms with Gasteiger partial charge in [-0.1, -0.05) is 74.8 Å². The van der Waals surface area contributed by atoms with Crippen molar-refractivity contribution in [1.29, 1.82) is 0 Å². The number of rotatable bonds is 11. The molecule has 12 nitrogen and oxygen atoms in total. The Morgan fingerprint density at radius 3 is 2.37 bits per heavy atom. The molecule has 3 rings (SSSR count). The second-order valence-corrected chi connectivity index (χ2v) is 14.7. The van der Waals surface area contributed by atoms with E-state index in [1.54, 1.807) is 63.2 Å². The first-order valence-electron chi connectivity index (χ1n) is 17.1. The number of benzene rings is 2. The molecule has 0 radical (unpaired) electrons. The molecule has 0 aromatic heterocycles. The van der Waals surface area contributed by atoms with Gasteiger partial charge in [0.2, 0.25) is 11.8 Å². The molecule has 52 heavy (non-hydrogen) atoms. The fraction of sp³-hybridized carbons (Fsp3) is 0.500. The lowest BCUT2D eigenvalue weighted by atomic mass is 9.90. The van der Waals surface area contributed by atoms with Crippen LogP contribution in [0.15, 0.2) is 60.7 Å². The lowest BCUT2D eigenvalue weighted by molar-refractivity contribution is -0.181. The Morgan fingerprint density at radius 1 is 1.06 bits per heavy atom. The third kappa shape index (κ3) is 12.2. The molecule has 2 aromatic rings. The Morgan fingerprint density at radius 2 is 1.75 bits per heavy atom. The lowest BCUT2D eigenvalue weighted by Crippen LogP contribution is -2.51. The van der Waals surface area contributed by atoms with E-state index in [0.717, 1.165) is 0 Å². The van der Waals surface area contributed by atoms with Crippen LogP contribution in [-0.4, -0.2) is 74.3 Å². The van der Waals surface area contributed by atoms with Gasteiger partial charge in [-0.25, -0.2) is 4.79 Å². The molecule has 0 fully saturated rings. The van der Waals surface area contributed by atoms with Crippen molar-refractivity contribution in [2.24, 2.45) is 23.0 Å². The number of hydrogen-bond donors (Lipinski definition) is 3. The Kier molecular flexibility index (Phi) is 16.0. The molecule has 1 heterocycles. The van der Waals surface area contributed by atoms with Crippen LogP contribution in [0.5, 0.6) is 5.75 Å². The van der Waals surface area contributed by atoms with E-state index < -0.39 is 77.3 Å². The number of hydrogen-bond acceptors (Lipinski definition) is 10. The van der Waals surface area contributed by atoms with E-state index in [2.05, 4.69) is 10.6 Å². The van der Waals surface area contributed by atoms with Crippen molar-refractivity contribution in [2.45, 2.75) is 83.6 Å². The average molecular weight is 763 g/mol. The van der Waals surface area contributed by atoms with Crippen LogP contribution < -0.4 is 21.1 Å². The van der Waals surface area contributed by atoms with Gasteiger partial charge in [0.25, 0.3) is 0 Å². The molecule has 4 N–H and O–H groups in total. The zero-order valence-electron chi connectivity index (χ0n) is 30.4. The summed E-state index contributed by atoms with van der Waals surface area (Å²) in [7, 11) is 1.48. The molecule has 284 valence electrons. The van der Waals surface area contributed by atoms with Crippen LogP contribution in [0.25, 0.3) is 0 Å². The van der Waals surface area contributed by atoms with Crippen molar-refractivity contribution in [3.8, 4) is 5.75 Å². The second kappa shape index (κ2) is 19.6. The molecule has 0 saturated heterocycles. The van der Waals surface area contributed by atoms with Gasteiger partial charge in [0, 0.05) is 25.3 Å². The first-order valence-corrected chi connectivity index (χ1v) is 17.9. The molecule has 1 aliphatic heterocycles. The third-order valence-corrected chi connectivity index (χ3v) is 9.39. The van der Waals surface area contributed by atoms with Gasteiger partial charge in [0.05, 0.1) is 29.5 Å². The second-order valence-electron chi connectivity index (χ2n) is 13.8. The summed E-state index contributed by atoms with van der Waals surface area (Å²) >= 11 is 13.2. The molecule has 0 bridgehead atoms. The molecular weight excluding hydrogens is 713 g/mol. The van der Waals surface area contributed by atoms with Crippen LogP contribution in [-0.2, 0) is 44.6 Å². The number of alkyl halides is 1. The fourth-order valence-electron chi connectivity index (χ4n) is 5.49. The summed E-state index contributed by atoms with van der Waals surface area (Å²) in [5.74, 6) is -3.82.